The molecule has 396 valence electrons. The smallest absolute Gasteiger partial charge is 0.338 e. The molecule has 7 aromatic rings. The van der Waals surface area contributed by atoms with Crippen LogP contribution in [0.3, 0.4) is 0 Å². The second-order valence-electron chi connectivity index (χ2n) is 18.4. The fourth-order valence-electron chi connectivity index (χ4n) is 8.86. The summed E-state index contributed by atoms with van der Waals surface area (Å²) in [5, 5.41) is 11.9. The van der Waals surface area contributed by atoms with E-state index in [9.17, 15) is 24.3 Å². The Hall–Kier alpha value is -7.86. The van der Waals surface area contributed by atoms with Gasteiger partial charge in [0, 0.05) is 0 Å². The molecule has 0 bridgehead atoms. The summed E-state index contributed by atoms with van der Waals surface area (Å²) in [6, 6.07) is 59.4. The van der Waals surface area contributed by atoms with Crippen molar-refractivity contribution in [2.24, 2.45) is 0 Å². The van der Waals surface area contributed by atoms with Crippen molar-refractivity contribution < 1.29 is 71.7 Å². The van der Waals surface area contributed by atoms with E-state index in [2.05, 4.69) is 0 Å². The number of carbonyl (C=O) groups excluding carboxylic acids is 4. The number of esters is 4. The summed E-state index contributed by atoms with van der Waals surface area (Å²) in [5.74, 6) is -3.36. The van der Waals surface area contributed by atoms with Crippen molar-refractivity contribution in [1.82, 2.24) is 0 Å². The Morgan fingerprint density at radius 1 is 0.377 bits per heavy atom. The monoisotopic (exact) mass is 1040 g/mol. The topological polar surface area (TPSA) is 181 Å². The molecule has 0 saturated carbocycles. The molecule has 0 radical (unpaired) electrons. The third-order valence-corrected chi connectivity index (χ3v) is 12.9. The van der Waals surface area contributed by atoms with Crippen LogP contribution in [0, 0.1) is 6.92 Å². The lowest BCUT2D eigenvalue weighted by Gasteiger charge is -2.46. The first-order valence-electron chi connectivity index (χ1n) is 25.3. The summed E-state index contributed by atoms with van der Waals surface area (Å²) in [4.78, 5) is 56.3. The van der Waals surface area contributed by atoms with E-state index in [4.69, 9.17) is 47.4 Å². The minimum atomic E-state index is -1.99. The molecule has 15 nitrogen and oxygen atoms in total. The molecule has 0 spiro atoms. The van der Waals surface area contributed by atoms with E-state index in [1.165, 1.54) is 36.4 Å². The van der Waals surface area contributed by atoms with Crippen LogP contribution >= 0.6 is 0 Å². The summed E-state index contributed by atoms with van der Waals surface area (Å²) in [7, 11) is 0. The highest BCUT2D eigenvalue weighted by molar-refractivity contribution is 5.91. The normalized spacial score (nSPS) is 23.0. The maximum atomic E-state index is 14.4. The first kappa shape index (κ1) is 53.9. The molecule has 0 aromatic heterocycles. The predicted molar refractivity (Wildman–Crippen MR) is 279 cm³/mol. The average Bonchev–Trinajstić information content (AvgIpc) is 3.47. The van der Waals surface area contributed by atoms with Gasteiger partial charge < -0.3 is 52.5 Å². The average molecular weight is 1040 g/mol. The van der Waals surface area contributed by atoms with Crippen molar-refractivity contribution in [3.63, 3.8) is 0 Å². The van der Waals surface area contributed by atoms with Gasteiger partial charge in [-0.05, 0) is 72.1 Å². The number of hydrogen-bond acceptors (Lipinski definition) is 15. The highest BCUT2D eigenvalue weighted by Gasteiger charge is 2.55. The number of carbonyl (C=O) groups is 4. The minimum Gasteiger partial charge on any atom is -0.452 e. The van der Waals surface area contributed by atoms with Gasteiger partial charge in [-0.25, -0.2) is 19.2 Å². The van der Waals surface area contributed by atoms with Crippen LogP contribution in [0.25, 0.3) is 0 Å². The quantitative estimate of drug-likeness (QED) is 0.0532. The van der Waals surface area contributed by atoms with Crippen LogP contribution in [-0.4, -0.2) is 104 Å². The first-order chi connectivity index (χ1) is 37.7. The van der Waals surface area contributed by atoms with Crippen LogP contribution in [0.5, 0.6) is 0 Å². The van der Waals surface area contributed by atoms with Crippen molar-refractivity contribution in [3.8, 4) is 0 Å². The Morgan fingerprint density at radius 2 is 0.753 bits per heavy atom. The van der Waals surface area contributed by atoms with Gasteiger partial charge in [0.1, 0.15) is 24.4 Å². The maximum absolute atomic E-state index is 14.4. The molecular formula is C62H58O15. The van der Waals surface area contributed by atoms with Crippen LogP contribution in [0.15, 0.2) is 206 Å². The molecule has 2 saturated heterocycles. The lowest BCUT2D eigenvalue weighted by Crippen LogP contribution is -2.64. The van der Waals surface area contributed by atoms with E-state index in [0.29, 0.717) is 0 Å². The molecule has 2 aliphatic rings. The number of ether oxygens (including phenoxy) is 10. The van der Waals surface area contributed by atoms with E-state index in [1.807, 2.05) is 97.9 Å². The van der Waals surface area contributed by atoms with Gasteiger partial charge in [0.25, 0.3) is 0 Å². The highest BCUT2D eigenvalue weighted by atomic mass is 16.7. The van der Waals surface area contributed by atoms with Crippen molar-refractivity contribution >= 4 is 23.9 Å². The lowest BCUT2D eigenvalue weighted by atomic mass is 9.96. The molecule has 9 rings (SSSR count). The van der Waals surface area contributed by atoms with Gasteiger partial charge in [-0.2, -0.15) is 0 Å². The van der Waals surface area contributed by atoms with E-state index >= 15 is 0 Å². The van der Waals surface area contributed by atoms with E-state index < -0.39 is 91.9 Å². The Kier molecular flexibility index (Phi) is 18.7. The summed E-state index contributed by atoms with van der Waals surface area (Å²) in [5.41, 5.74) is 4.07. The number of benzene rings is 7. The molecule has 2 heterocycles. The third kappa shape index (κ3) is 14.5. The van der Waals surface area contributed by atoms with Gasteiger partial charge in [0.15, 0.2) is 37.0 Å². The summed E-state index contributed by atoms with van der Waals surface area (Å²) in [6.07, 6.45) is -14.5. The fraction of sp³-hybridized carbons (Fsp3) is 0.258. The maximum Gasteiger partial charge on any atom is 0.338 e. The fourth-order valence-corrected chi connectivity index (χ4v) is 8.86. The van der Waals surface area contributed by atoms with Crippen molar-refractivity contribution in [2.45, 2.75) is 88.2 Å². The van der Waals surface area contributed by atoms with E-state index in [0.717, 1.165) is 22.3 Å². The van der Waals surface area contributed by atoms with Crippen molar-refractivity contribution in [1.29, 1.82) is 0 Å². The van der Waals surface area contributed by atoms with Crippen molar-refractivity contribution in [2.75, 3.05) is 13.2 Å². The van der Waals surface area contributed by atoms with Crippen LogP contribution < -0.4 is 0 Å². The van der Waals surface area contributed by atoms with E-state index in [1.54, 1.807) is 78.9 Å². The molecule has 2 aliphatic heterocycles. The molecule has 0 unspecified atom stereocenters. The number of aliphatic hydroxyl groups excluding tert-OH is 1. The van der Waals surface area contributed by atoms with Gasteiger partial charge in [0.05, 0.1) is 55.3 Å². The summed E-state index contributed by atoms with van der Waals surface area (Å²) < 4.78 is 64.3. The first-order valence-corrected chi connectivity index (χ1v) is 25.3. The van der Waals surface area contributed by atoms with Gasteiger partial charge >= 0.3 is 23.9 Å². The predicted octanol–water partition coefficient (Wildman–Crippen LogP) is 9.04. The Labute approximate surface area is 446 Å². The zero-order chi connectivity index (χ0) is 53.3. The Balaban J connectivity index is 1.09. The van der Waals surface area contributed by atoms with Gasteiger partial charge in [0.2, 0.25) is 0 Å². The minimum absolute atomic E-state index is 0.0482. The molecular weight excluding hydrogens is 985 g/mol. The van der Waals surface area contributed by atoms with Crippen molar-refractivity contribution in [3.05, 3.63) is 251 Å². The second-order valence-corrected chi connectivity index (χ2v) is 18.4. The summed E-state index contributed by atoms with van der Waals surface area (Å²) in [6.45, 7) is 1.63. The van der Waals surface area contributed by atoms with Crippen LogP contribution in [0.1, 0.15) is 63.7 Å². The standard InChI is InChI=1S/C62H58O15/c1-41-32-34-48(35-33-41)60(66)77-56-53(70-38-44-24-12-4-13-25-44)51(69-37-43-22-10-3-11-23-43)49(39-68-36-42-20-8-2-9-21-42)73-62(56)71-40-50-52(74-57(63)45-26-14-5-15-27-45)54(75-58(64)46-28-16-6-17-29-46)55(61(67)72-50)76-59(65)47-30-18-7-19-31-47/h2-35,49-56,61-62,67H,36-40H2,1H3/t49-,50-,51-,52-,53+,54+,55-,56-,61+,62-/m1/s1. The lowest BCUT2D eigenvalue weighted by molar-refractivity contribution is -0.334. The molecule has 1 N–H and O–H groups in total. The third-order valence-electron chi connectivity index (χ3n) is 12.9. The Bertz CT molecular complexity index is 2950. The van der Waals surface area contributed by atoms with Crippen LogP contribution in [0.2, 0.25) is 0 Å². The van der Waals surface area contributed by atoms with Crippen LogP contribution in [-0.2, 0) is 67.2 Å². The number of hydrogen-bond donors (Lipinski definition) is 1. The van der Waals surface area contributed by atoms with Gasteiger partial charge in [-0.15, -0.1) is 0 Å². The molecule has 2 fully saturated rings. The van der Waals surface area contributed by atoms with E-state index in [-0.39, 0.29) is 48.7 Å². The molecule has 0 amide bonds. The SMILES string of the molecule is Cc1ccc(C(=O)O[C@H]2[C@H](OC[C@H]3O[C@H](O)[C@H](OC(=O)c4ccccc4)[C@@H](OC(=O)c4ccccc4)[C@@H]3OC(=O)c3ccccc3)O[C@H](COCc3ccccc3)[C@@H](OCc3ccccc3)[C@@H]2OCc2ccccc2)cc1. The largest absolute Gasteiger partial charge is 0.452 e. The second kappa shape index (κ2) is 26.8. The summed E-state index contributed by atoms with van der Waals surface area (Å²) >= 11 is 0. The number of aliphatic hydroxyl groups is 1. The molecule has 10 atom stereocenters. The zero-order valence-electron chi connectivity index (χ0n) is 42.1. The van der Waals surface area contributed by atoms with Gasteiger partial charge in [-0.3, -0.25) is 0 Å². The number of aryl methyl sites for hydroxylation is 1. The Morgan fingerprint density at radius 3 is 1.23 bits per heavy atom. The van der Waals surface area contributed by atoms with Crippen LogP contribution in [0.4, 0.5) is 0 Å². The molecule has 0 aliphatic carbocycles. The molecule has 77 heavy (non-hydrogen) atoms. The van der Waals surface area contributed by atoms with Gasteiger partial charge in [-0.1, -0.05) is 163 Å². The molecule has 7 aromatic carbocycles. The molecule has 15 heteroatoms. The number of rotatable bonds is 21. The highest BCUT2D eigenvalue weighted by Crippen LogP contribution is 2.35. The zero-order valence-corrected chi connectivity index (χ0v) is 42.1.